The Morgan fingerprint density at radius 2 is 1.89 bits per heavy atom. The summed E-state index contributed by atoms with van der Waals surface area (Å²) in [6.45, 7) is 0.148. The van der Waals surface area contributed by atoms with Crippen molar-refractivity contribution in [2.24, 2.45) is 0 Å². The van der Waals surface area contributed by atoms with Gasteiger partial charge in [0.15, 0.2) is 9.84 Å². The first-order chi connectivity index (χ1) is 13.3. The van der Waals surface area contributed by atoms with E-state index < -0.39 is 26.7 Å². The van der Waals surface area contributed by atoms with E-state index in [9.17, 15) is 23.3 Å². The third-order valence-corrected chi connectivity index (χ3v) is 6.50. The number of carbonyl (C=O) groups excluding carboxylic acids is 1. The summed E-state index contributed by atoms with van der Waals surface area (Å²) in [5.74, 6) is -0.0369. The summed E-state index contributed by atoms with van der Waals surface area (Å²) < 4.78 is 29.0. The molecule has 0 aromatic heterocycles. The molecule has 148 valence electrons. The van der Waals surface area contributed by atoms with Gasteiger partial charge in [0.1, 0.15) is 11.3 Å². The number of nitro benzene ring substituents is 1. The molecule has 1 atom stereocenters. The molecule has 1 fully saturated rings. The van der Waals surface area contributed by atoms with Crippen molar-refractivity contribution in [3.05, 3.63) is 69.8 Å². The number of nitrogens with zero attached hydrogens (tertiary/aromatic N) is 2. The Morgan fingerprint density at radius 3 is 2.46 bits per heavy atom. The lowest BCUT2D eigenvalue weighted by Crippen LogP contribution is -2.40. The van der Waals surface area contributed by atoms with Crippen molar-refractivity contribution >= 4 is 21.4 Å². The van der Waals surface area contributed by atoms with Gasteiger partial charge in [0.2, 0.25) is 0 Å². The molecule has 28 heavy (non-hydrogen) atoms. The first kappa shape index (κ1) is 19.8. The summed E-state index contributed by atoms with van der Waals surface area (Å²) in [6.07, 6.45) is 0.310. The van der Waals surface area contributed by atoms with E-state index in [1.54, 1.807) is 37.4 Å². The molecule has 0 saturated carbocycles. The lowest BCUT2D eigenvalue weighted by molar-refractivity contribution is -0.385. The van der Waals surface area contributed by atoms with E-state index in [0.717, 1.165) is 5.56 Å². The quantitative estimate of drug-likeness (QED) is 0.541. The molecule has 1 aliphatic rings. The average Bonchev–Trinajstić information content (AvgIpc) is 3.05. The molecular weight excluding hydrogens is 384 g/mol. The zero-order chi connectivity index (χ0) is 20.3. The molecular formula is C19H20N2O6S. The largest absolute Gasteiger partial charge is 0.497 e. The third kappa shape index (κ3) is 4.30. The van der Waals surface area contributed by atoms with E-state index in [-0.39, 0.29) is 29.3 Å². The highest BCUT2D eigenvalue weighted by Crippen LogP contribution is 2.26. The molecule has 3 rings (SSSR count). The Morgan fingerprint density at radius 1 is 1.21 bits per heavy atom. The van der Waals surface area contributed by atoms with E-state index in [1.807, 2.05) is 0 Å². The van der Waals surface area contributed by atoms with Crippen LogP contribution in [0, 0.1) is 10.1 Å². The van der Waals surface area contributed by atoms with E-state index in [0.29, 0.717) is 12.2 Å². The minimum atomic E-state index is -3.23. The predicted molar refractivity (Wildman–Crippen MR) is 103 cm³/mol. The number of para-hydroxylation sites is 1. The molecule has 1 aliphatic heterocycles. The molecule has 9 heteroatoms. The van der Waals surface area contributed by atoms with Crippen molar-refractivity contribution in [2.75, 3.05) is 18.6 Å². The van der Waals surface area contributed by atoms with Crippen LogP contribution in [0.4, 0.5) is 5.69 Å². The molecule has 2 aromatic carbocycles. The van der Waals surface area contributed by atoms with Crippen LogP contribution in [0.25, 0.3) is 0 Å². The molecule has 0 spiro atoms. The highest BCUT2D eigenvalue weighted by molar-refractivity contribution is 7.91. The fraction of sp³-hybridized carbons (Fsp3) is 0.316. The topological polar surface area (TPSA) is 107 Å². The molecule has 0 aliphatic carbocycles. The molecule has 0 unspecified atom stereocenters. The summed E-state index contributed by atoms with van der Waals surface area (Å²) in [4.78, 5) is 25.3. The molecule has 1 saturated heterocycles. The van der Waals surface area contributed by atoms with Crippen LogP contribution in [0.5, 0.6) is 5.75 Å². The van der Waals surface area contributed by atoms with Crippen molar-refractivity contribution in [2.45, 2.75) is 19.0 Å². The van der Waals surface area contributed by atoms with Gasteiger partial charge in [0.25, 0.3) is 11.6 Å². The van der Waals surface area contributed by atoms with Crippen molar-refractivity contribution in [3.8, 4) is 5.75 Å². The number of amides is 1. The summed E-state index contributed by atoms with van der Waals surface area (Å²) in [5.41, 5.74) is 0.426. The van der Waals surface area contributed by atoms with Crippen molar-refractivity contribution in [3.63, 3.8) is 0 Å². The Bertz CT molecular complexity index is 988. The zero-order valence-corrected chi connectivity index (χ0v) is 16.1. The number of benzene rings is 2. The Labute approximate surface area is 162 Å². The third-order valence-electron chi connectivity index (χ3n) is 4.75. The lowest BCUT2D eigenvalue weighted by atomic mass is 10.1. The lowest BCUT2D eigenvalue weighted by Gasteiger charge is -2.28. The van der Waals surface area contributed by atoms with Gasteiger partial charge in [0.05, 0.1) is 23.5 Å². The number of rotatable bonds is 6. The van der Waals surface area contributed by atoms with E-state index in [1.165, 1.54) is 23.1 Å². The molecule has 0 N–H and O–H groups in total. The smallest absolute Gasteiger partial charge is 0.282 e. The Hall–Kier alpha value is -2.94. The first-order valence-electron chi connectivity index (χ1n) is 8.68. The number of ether oxygens (including phenoxy) is 1. The SMILES string of the molecule is COc1ccc(CN(C(=O)c2ccccc2[N+](=O)[O-])[C@@H]2CCS(=O)(=O)C2)cc1. The predicted octanol–water partition coefficient (Wildman–Crippen LogP) is 2.43. The van der Waals surface area contributed by atoms with Crippen LogP contribution in [0.3, 0.4) is 0 Å². The normalized spacial score (nSPS) is 17.8. The van der Waals surface area contributed by atoms with Crippen LogP contribution in [-0.4, -0.2) is 48.8 Å². The van der Waals surface area contributed by atoms with Crippen LogP contribution < -0.4 is 4.74 Å². The maximum atomic E-state index is 13.2. The van der Waals surface area contributed by atoms with E-state index in [2.05, 4.69) is 0 Å². The van der Waals surface area contributed by atoms with Gasteiger partial charge in [-0.3, -0.25) is 14.9 Å². The molecule has 8 nitrogen and oxygen atoms in total. The number of nitro groups is 1. The van der Waals surface area contributed by atoms with Crippen LogP contribution in [0.2, 0.25) is 0 Å². The number of sulfone groups is 1. The number of hydrogen-bond donors (Lipinski definition) is 0. The van der Waals surface area contributed by atoms with Gasteiger partial charge in [-0.05, 0) is 30.2 Å². The maximum absolute atomic E-state index is 13.2. The van der Waals surface area contributed by atoms with Gasteiger partial charge in [-0.1, -0.05) is 24.3 Å². The number of carbonyl (C=O) groups is 1. The van der Waals surface area contributed by atoms with Crippen molar-refractivity contribution in [1.82, 2.24) is 4.90 Å². The van der Waals surface area contributed by atoms with Gasteiger partial charge in [-0.2, -0.15) is 0 Å². The second-order valence-corrected chi connectivity index (χ2v) is 8.84. The van der Waals surface area contributed by atoms with Crippen molar-refractivity contribution < 1.29 is 22.9 Å². The molecule has 0 bridgehead atoms. The van der Waals surface area contributed by atoms with Gasteiger partial charge in [0, 0.05) is 18.7 Å². The van der Waals surface area contributed by atoms with Gasteiger partial charge < -0.3 is 9.64 Å². The van der Waals surface area contributed by atoms with Crippen molar-refractivity contribution in [1.29, 1.82) is 0 Å². The fourth-order valence-electron chi connectivity index (χ4n) is 3.28. The van der Waals surface area contributed by atoms with Gasteiger partial charge in [-0.25, -0.2) is 8.42 Å². The highest BCUT2D eigenvalue weighted by atomic mass is 32.2. The second kappa shape index (κ2) is 7.97. The first-order valence-corrected chi connectivity index (χ1v) is 10.5. The maximum Gasteiger partial charge on any atom is 0.282 e. The monoisotopic (exact) mass is 404 g/mol. The summed E-state index contributed by atoms with van der Waals surface area (Å²) >= 11 is 0. The summed E-state index contributed by atoms with van der Waals surface area (Å²) in [5, 5.41) is 11.3. The van der Waals surface area contributed by atoms with Crippen LogP contribution in [-0.2, 0) is 16.4 Å². The van der Waals surface area contributed by atoms with Crippen LogP contribution in [0.15, 0.2) is 48.5 Å². The van der Waals surface area contributed by atoms with Gasteiger partial charge >= 0.3 is 0 Å². The standard InChI is InChI=1S/C19H20N2O6S/c1-27-16-8-6-14(7-9-16)12-20(15-10-11-28(25,26)13-15)19(22)17-4-2-3-5-18(17)21(23)24/h2-9,15H,10-13H2,1H3/t15-/m1/s1. The van der Waals surface area contributed by atoms with E-state index in [4.69, 9.17) is 4.74 Å². The molecule has 0 radical (unpaired) electrons. The van der Waals surface area contributed by atoms with Gasteiger partial charge in [-0.15, -0.1) is 0 Å². The summed E-state index contributed by atoms with van der Waals surface area (Å²) in [7, 11) is -1.69. The summed E-state index contributed by atoms with van der Waals surface area (Å²) in [6, 6.07) is 12.2. The average molecular weight is 404 g/mol. The molecule has 1 heterocycles. The highest BCUT2D eigenvalue weighted by Gasteiger charge is 2.36. The zero-order valence-electron chi connectivity index (χ0n) is 15.3. The molecule has 1 amide bonds. The molecule has 2 aromatic rings. The minimum absolute atomic E-state index is 0.000935. The Kier molecular flexibility index (Phi) is 5.64. The van der Waals surface area contributed by atoms with E-state index >= 15 is 0 Å². The second-order valence-electron chi connectivity index (χ2n) is 6.61. The number of hydrogen-bond acceptors (Lipinski definition) is 6. The van der Waals surface area contributed by atoms with Crippen LogP contribution >= 0.6 is 0 Å². The number of methoxy groups -OCH3 is 1. The fourth-order valence-corrected chi connectivity index (χ4v) is 5.01. The van der Waals surface area contributed by atoms with Crippen LogP contribution in [0.1, 0.15) is 22.3 Å². The minimum Gasteiger partial charge on any atom is -0.497 e. The Balaban J connectivity index is 1.96.